The maximum Gasteiger partial charge on any atom is 0.320 e. The van der Waals surface area contributed by atoms with Crippen LogP contribution in [0.15, 0.2) is 42.5 Å². The molecule has 0 saturated heterocycles. The number of halogens is 1. The Balaban J connectivity index is 2.27. The standard InChI is InChI=1S/C19H22ClNO3/c1-12(2)18(19(22)23)21-11-13-7-8-17(24-3)16(9-13)14-5-4-6-15(20)10-14/h4-10,12,18,21H,11H2,1-3H3,(H,22,23)/t18-/m0/s1. The van der Waals surface area contributed by atoms with Gasteiger partial charge in [-0.25, -0.2) is 0 Å². The van der Waals surface area contributed by atoms with Gasteiger partial charge in [0.2, 0.25) is 0 Å². The number of carbonyl (C=O) groups is 1. The lowest BCUT2D eigenvalue weighted by molar-refractivity contribution is -0.140. The summed E-state index contributed by atoms with van der Waals surface area (Å²) >= 11 is 6.08. The monoisotopic (exact) mass is 347 g/mol. The van der Waals surface area contributed by atoms with Gasteiger partial charge in [0.15, 0.2) is 0 Å². The summed E-state index contributed by atoms with van der Waals surface area (Å²) in [5, 5.41) is 13.0. The lowest BCUT2D eigenvalue weighted by Crippen LogP contribution is -2.40. The predicted octanol–water partition coefficient (Wildman–Crippen LogP) is 4.21. The molecular weight excluding hydrogens is 326 g/mol. The second-order valence-corrected chi connectivity index (χ2v) is 6.42. The Labute approximate surface area is 147 Å². The Hall–Kier alpha value is -2.04. The molecule has 0 radical (unpaired) electrons. The van der Waals surface area contributed by atoms with Crippen LogP contribution in [0.1, 0.15) is 19.4 Å². The average Bonchev–Trinajstić information content (AvgIpc) is 2.54. The van der Waals surface area contributed by atoms with Crippen molar-refractivity contribution in [2.75, 3.05) is 7.11 Å². The highest BCUT2D eigenvalue weighted by atomic mass is 35.5. The summed E-state index contributed by atoms with van der Waals surface area (Å²) in [5.74, 6) is -0.0821. The summed E-state index contributed by atoms with van der Waals surface area (Å²) in [6.45, 7) is 4.24. The first kappa shape index (κ1) is 18.3. The zero-order valence-corrected chi connectivity index (χ0v) is 14.8. The highest BCUT2D eigenvalue weighted by Crippen LogP contribution is 2.32. The van der Waals surface area contributed by atoms with Gasteiger partial charge in [-0.15, -0.1) is 0 Å². The molecule has 2 N–H and O–H groups in total. The van der Waals surface area contributed by atoms with Crippen molar-refractivity contribution in [1.82, 2.24) is 5.32 Å². The molecule has 0 aromatic heterocycles. The Bertz CT molecular complexity index is 716. The molecule has 0 aliphatic rings. The van der Waals surface area contributed by atoms with Gasteiger partial charge >= 0.3 is 5.97 Å². The Kier molecular flexibility index (Phi) is 6.23. The fourth-order valence-corrected chi connectivity index (χ4v) is 2.77. The van der Waals surface area contributed by atoms with Crippen LogP contribution < -0.4 is 10.1 Å². The van der Waals surface area contributed by atoms with Crippen LogP contribution in [0, 0.1) is 5.92 Å². The number of methoxy groups -OCH3 is 1. The number of carboxylic acid groups (broad SMARTS) is 1. The molecule has 2 aromatic carbocycles. The van der Waals surface area contributed by atoms with Crippen molar-refractivity contribution in [3.05, 3.63) is 53.1 Å². The number of hydrogen-bond acceptors (Lipinski definition) is 3. The smallest absolute Gasteiger partial charge is 0.320 e. The third-order valence-corrected chi connectivity index (χ3v) is 4.09. The molecule has 0 fully saturated rings. The highest BCUT2D eigenvalue weighted by Gasteiger charge is 2.20. The van der Waals surface area contributed by atoms with Gasteiger partial charge in [0.1, 0.15) is 11.8 Å². The maximum absolute atomic E-state index is 11.3. The van der Waals surface area contributed by atoms with Crippen molar-refractivity contribution >= 4 is 17.6 Å². The molecule has 0 spiro atoms. The normalized spacial score (nSPS) is 12.2. The fourth-order valence-electron chi connectivity index (χ4n) is 2.58. The van der Waals surface area contributed by atoms with Crippen molar-refractivity contribution in [2.24, 2.45) is 5.92 Å². The van der Waals surface area contributed by atoms with E-state index in [-0.39, 0.29) is 5.92 Å². The summed E-state index contributed by atoms with van der Waals surface area (Å²) in [6.07, 6.45) is 0. The topological polar surface area (TPSA) is 58.6 Å². The number of nitrogens with one attached hydrogen (secondary N) is 1. The Morgan fingerprint density at radius 3 is 2.58 bits per heavy atom. The van der Waals surface area contributed by atoms with Crippen LogP contribution in [0.5, 0.6) is 5.75 Å². The summed E-state index contributed by atoms with van der Waals surface area (Å²) in [5.41, 5.74) is 2.87. The van der Waals surface area contributed by atoms with Crippen LogP contribution in [0.4, 0.5) is 0 Å². The zero-order chi connectivity index (χ0) is 17.7. The third kappa shape index (κ3) is 4.49. The molecule has 0 unspecified atom stereocenters. The van der Waals surface area contributed by atoms with Gasteiger partial charge in [-0.2, -0.15) is 0 Å². The molecule has 5 heteroatoms. The number of hydrogen-bond donors (Lipinski definition) is 2. The van der Waals surface area contributed by atoms with Crippen LogP contribution in [0.3, 0.4) is 0 Å². The van der Waals surface area contributed by atoms with E-state index in [1.165, 1.54) is 0 Å². The van der Waals surface area contributed by atoms with Gasteiger partial charge in [-0.1, -0.05) is 43.6 Å². The number of aliphatic carboxylic acids is 1. The van der Waals surface area contributed by atoms with Gasteiger partial charge in [0, 0.05) is 17.1 Å². The van der Waals surface area contributed by atoms with Crippen LogP contribution in [-0.4, -0.2) is 24.2 Å². The van der Waals surface area contributed by atoms with E-state index in [4.69, 9.17) is 16.3 Å². The van der Waals surface area contributed by atoms with Crippen LogP contribution in [0.25, 0.3) is 11.1 Å². The molecule has 24 heavy (non-hydrogen) atoms. The lowest BCUT2D eigenvalue weighted by atomic mass is 10.0. The number of carboxylic acids is 1. The van der Waals surface area contributed by atoms with E-state index in [1.54, 1.807) is 7.11 Å². The lowest BCUT2D eigenvalue weighted by Gasteiger charge is -2.18. The van der Waals surface area contributed by atoms with E-state index in [0.29, 0.717) is 11.6 Å². The molecule has 0 saturated carbocycles. The Morgan fingerprint density at radius 2 is 2.00 bits per heavy atom. The fraction of sp³-hybridized carbons (Fsp3) is 0.316. The minimum Gasteiger partial charge on any atom is -0.496 e. The molecule has 128 valence electrons. The largest absolute Gasteiger partial charge is 0.496 e. The number of benzene rings is 2. The third-order valence-electron chi connectivity index (χ3n) is 3.86. The minimum atomic E-state index is -0.839. The van der Waals surface area contributed by atoms with Gasteiger partial charge in [0.05, 0.1) is 7.11 Å². The predicted molar refractivity (Wildman–Crippen MR) is 96.5 cm³/mol. The molecular formula is C19H22ClNO3. The molecule has 0 amide bonds. The summed E-state index contributed by atoms with van der Waals surface area (Å²) in [4.78, 5) is 11.3. The summed E-state index contributed by atoms with van der Waals surface area (Å²) in [7, 11) is 1.63. The first-order chi connectivity index (χ1) is 11.4. The second-order valence-electron chi connectivity index (χ2n) is 5.99. The number of ether oxygens (including phenoxy) is 1. The van der Waals surface area contributed by atoms with Crippen molar-refractivity contribution < 1.29 is 14.6 Å². The molecule has 1 atom stereocenters. The van der Waals surface area contributed by atoms with E-state index < -0.39 is 12.0 Å². The first-order valence-electron chi connectivity index (χ1n) is 7.81. The molecule has 2 rings (SSSR count). The van der Waals surface area contributed by atoms with Gasteiger partial charge in [-0.05, 0) is 41.3 Å². The SMILES string of the molecule is COc1ccc(CN[C@H](C(=O)O)C(C)C)cc1-c1cccc(Cl)c1. The van der Waals surface area contributed by atoms with E-state index in [2.05, 4.69) is 5.32 Å². The van der Waals surface area contributed by atoms with Gasteiger partial charge < -0.3 is 15.2 Å². The van der Waals surface area contributed by atoms with E-state index in [0.717, 1.165) is 22.4 Å². The highest BCUT2D eigenvalue weighted by molar-refractivity contribution is 6.30. The van der Waals surface area contributed by atoms with E-state index in [1.807, 2.05) is 56.3 Å². The van der Waals surface area contributed by atoms with Crippen LogP contribution >= 0.6 is 11.6 Å². The van der Waals surface area contributed by atoms with Crippen LogP contribution in [0.2, 0.25) is 5.02 Å². The van der Waals surface area contributed by atoms with Crippen LogP contribution in [-0.2, 0) is 11.3 Å². The van der Waals surface area contributed by atoms with Crippen molar-refractivity contribution in [1.29, 1.82) is 0 Å². The zero-order valence-electron chi connectivity index (χ0n) is 14.0. The average molecular weight is 348 g/mol. The molecule has 4 nitrogen and oxygen atoms in total. The number of rotatable bonds is 7. The van der Waals surface area contributed by atoms with Gasteiger partial charge in [0.25, 0.3) is 0 Å². The van der Waals surface area contributed by atoms with Crippen molar-refractivity contribution in [2.45, 2.75) is 26.4 Å². The summed E-state index contributed by atoms with van der Waals surface area (Å²) in [6, 6.07) is 12.8. The first-order valence-corrected chi connectivity index (χ1v) is 8.19. The molecule has 0 aliphatic heterocycles. The maximum atomic E-state index is 11.3. The minimum absolute atomic E-state index is 0.00755. The van der Waals surface area contributed by atoms with Crippen molar-refractivity contribution in [3.8, 4) is 16.9 Å². The van der Waals surface area contributed by atoms with E-state index in [9.17, 15) is 9.90 Å². The van der Waals surface area contributed by atoms with E-state index >= 15 is 0 Å². The molecule has 2 aromatic rings. The molecule has 0 heterocycles. The van der Waals surface area contributed by atoms with Gasteiger partial charge in [-0.3, -0.25) is 4.79 Å². The quantitative estimate of drug-likeness (QED) is 0.787. The van der Waals surface area contributed by atoms with Crippen molar-refractivity contribution in [3.63, 3.8) is 0 Å². The molecule has 0 bridgehead atoms. The Morgan fingerprint density at radius 1 is 1.25 bits per heavy atom. The second kappa shape index (κ2) is 8.18. The molecule has 0 aliphatic carbocycles. The summed E-state index contributed by atoms with van der Waals surface area (Å²) < 4.78 is 5.44.